The van der Waals surface area contributed by atoms with Crippen LogP contribution in [0.15, 0.2) is 54.8 Å². The Morgan fingerprint density at radius 2 is 1.88 bits per heavy atom. The van der Waals surface area contributed by atoms with Crippen molar-refractivity contribution in [2.24, 2.45) is 0 Å². The number of hydrogen-bond donors (Lipinski definition) is 0. The first kappa shape index (κ1) is 8.88. The molecule has 0 N–H and O–H groups in total. The molecule has 2 heteroatoms. The first-order valence-corrected chi connectivity index (χ1v) is 5.53. The number of aromatic nitrogens is 2. The minimum atomic E-state index is 0.298. The summed E-state index contributed by atoms with van der Waals surface area (Å²) < 4.78 is 7.50. The highest BCUT2D eigenvalue weighted by molar-refractivity contribution is 5.84. The zero-order chi connectivity index (χ0) is 12.5. The molecule has 0 spiro atoms. The van der Waals surface area contributed by atoms with Crippen molar-refractivity contribution in [1.82, 2.24) is 9.97 Å². The van der Waals surface area contributed by atoms with Crippen LogP contribution < -0.4 is 0 Å². The minimum Gasteiger partial charge on any atom is -0.261 e. The highest BCUT2D eigenvalue weighted by Gasteiger charge is 2.00. The van der Waals surface area contributed by atoms with Crippen molar-refractivity contribution in [3.05, 3.63) is 60.5 Å². The van der Waals surface area contributed by atoms with Gasteiger partial charge in [-0.25, -0.2) is 0 Å². The Hall–Kier alpha value is -2.22. The molecule has 3 aromatic rings. The molecule has 0 fully saturated rings. The summed E-state index contributed by atoms with van der Waals surface area (Å²) in [6, 6.07) is 13.7. The molecule has 0 saturated heterocycles. The van der Waals surface area contributed by atoms with E-state index in [2.05, 4.69) is 22.1 Å². The van der Waals surface area contributed by atoms with E-state index >= 15 is 0 Å². The Morgan fingerprint density at radius 3 is 2.71 bits per heavy atom. The lowest BCUT2D eigenvalue weighted by molar-refractivity contribution is 1.20. The third kappa shape index (κ3) is 1.89. The van der Waals surface area contributed by atoms with Crippen LogP contribution in [0.25, 0.3) is 22.0 Å². The Balaban J connectivity index is 2.13. The lowest BCUT2D eigenvalue weighted by atomic mass is 10.0. The summed E-state index contributed by atoms with van der Waals surface area (Å²) in [6.45, 7) is 1.98. The Morgan fingerprint density at radius 1 is 1.00 bits per heavy atom. The fourth-order valence-electron chi connectivity index (χ4n) is 1.84. The van der Waals surface area contributed by atoms with Gasteiger partial charge in [-0.3, -0.25) is 9.97 Å². The second-order valence-electron chi connectivity index (χ2n) is 4.04. The van der Waals surface area contributed by atoms with E-state index in [9.17, 15) is 0 Å². The number of nitrogens with zero attached hydrogens (tertiary/aromatic N) is 2. The third-order valence-corrected chi connectivity index (χ3v) is 2.79. The SMILES string of the molecule is [2H]c1ccc2cc(-c3ccc(C)nc3)ccc2n1. The molecule has 17 heavy (non-hydrogen) atoms. The molecule has 0 amide bonds. The van der Waals surface area contributed by atoms with Gasteiger partial charge < -0.3 is 0 Å². The number of aryl methyl sites for hydroxylation is 1. The van der Waals surface area contributed by atoms with Gasteiger partial charge in [0, 0.05) is 29.0 Å². The van der Waals surface area contributed by atoms with Crippen LogP contribution in [-0.2, 0) is 0 Å². The largest absolute Gasteiger partial charge is 0.261 e. The monoisotopic (exact) mass is 221 g/mol. The van der Waals surface area contributed by atoms with Crippen molar-refractivity contribution in [3.8, 4) is 11.1 Å². The van der Waals surface area contributed by atoms with Crippen molar-refractivity contribution in [3.63, 3.8) is 0 Å². The summed E-state index contributed by atoms with van der Waals surface area (Å²) in [4.78, 5) is 8.48. The van der Waals surface area contributed by atoms with E-state index in [1.165, 1.54) is 0 Å². The minimum absolute atomic E-state index is 0.298. The van der Waals surface area contributed by atoms with Crippen LogP contribution in [-0.4, -0.2) is 9.97 Å². The highest BCUT2D eigenvalue weighted by Crippen LogP contribution is 2.22. The number of pyridine rings is 2. The van der Waals surface area contributed by atoms with Gasteiger partial charge in [-0.05, 0) is 36.8 Å². The summed E-state index contributed by atoms with van der Waals surface area (Å²) in [7, 11) is 0. The standard InChI is InChI=1S/C15H12N2/c1-11-4-5-14(10-17-11)12-6-7-15-13(9-12)3-2-8-16-15/h2-10H,1H3/i8D. The van der Waals surface area contributed by atoms with E-state index in [1.54, 1.807) is 6.07 Å². The Kier molecular flexibility index (Phi) is 2.08. The van der Waals surface area contributed by atoms with Crippen LogP contribution in [0, 0.1) is 6.92 Å². The molecule has 2 aromatic heterocycles. The van der Waals surface area contributed by atoms with E-state index in [4.69, 9.17) is 1.37 Å². The van der Waals surface area contributed by atoms with Gasteiger partial charge in [0.25, 0.3) is 0 Å². The molecule has 0 radical (unpaired) electrons. The van der Waals surface area contributed by atoms with E-state index < -0.39 is 0 Å². The summed E-state index contributed by atoms with van der Waals surface area (Å²) in [5.74, 6) is 0. The van der Waals surface area contributed by atoms with E-state index in [0.717, 1.165) is 27.7 Å². The van der Waals surface area contributed by atoms with Gasteiger partial charge in [-0.1, -0.05) is 18.2 Å². The zero-order valence-corrected chi connectivity index (χ0v) is 9.51. The van der Waals surface area contributed by atoms with E-state index in [-0.39, 0.29) is 0 Å². The molecule has 3 rings (SSSR count). The molecule has 0 unspecified atom stereocenters. The molecular formula is C15H12N2. The van der Waals surface area contributed by atoms with Gasteiger partial charge in [0.2, 0.25) is 0 Å². The molecule has 0 saturated carbocycles. The lowest BCUT2D eigenvalue weighted by Crippen LogP contribution is -1.84. The first-order valence-electron chi connectivity index (χ1n) is 6.03. The van der Waals surface area contributed by atoms with Crippen LogP contribution in [0.1, 0.15) is 7.06 Å². The molecule has 0 atom stereocenters. The van der Waals surface area contributed by atoms with Gasteiger partial charge in [0.1, 0.15) is 0 Å². The fraction of sp³-hybridized carbons (Fsp3) is 0.0667. The maximum atomic E-state index is 7.50. The number of fused-ring (bicyclic) bond motifs is 1. The Labute approximate surface area is 101 Å². The molecule has 2 nitrogen and oxygen atoms in total. The zero-order valence-electron chi connectivity index (χ0n) is 10.5. The maximum absolute atomic E-state index is 7.50. The molecule has 82 valence electrons. The molecule has 0 aliphatic heterocycles. The first-order chi connectivity index (χ1) is 8.72. The van der Waals surface area contributed by atoms with Gasteiger partial charge >= 0.3 is 0 Å². The van der Waals surface area contributed by atoms with Gasteiger partial charge in [0.05, 0.1) is 6.89 Å². The summed E-state index contributed by atoms with van der Waals surface area (Å²) in [5, 5.41) is 1.05. The average molecular weight is 221 g/mol. The molecule has 0 bridgehead atoms. The average Bonchev–Trinajstić information content (AvgIpc) is 2.39. The van der Waals surface area contributed by atoms with Crippen molar-refractivity contribution in [2.75, 3.05) is 0 Å². The molecule has 0 aliphatic carbocycles. The molecule has 0 aliphatic rings. The number of rotatable bonds is 1. The quantitative estimate of drug-likeness (QED) is 0.627. The van der Waals surface area contributed by atoms with E-state index in [0.29, 0.717) is 6.17 Å². The predicted octanol–water partition coefficient (Wildman–Crippen LogP) is 3.61. The molecule has 1 aromatic carbocycles. The van der Waals surface area contributed by atoms with Crippen LogP contribution in [0.5, 0.6) is 0 Å². The smallest absolute Gasteiger partial charge is 0.0840 e. The topological polar surface area (TPSA) is 25.8 Å². The van der Waals surface area contributed by atoms with E-state index in [1.807, 2.05) is 37.4 Å². The van der Waals surface area contributed by atoms with Gasteiger partial charge in [-0.2, -0.15) is 0 Å². The van der Waals surface area contributed by atoms with Crippen LogP contribution in [0.2, 0.25) is 0 Å². The van der Waals surface area contributed by atoms with Crippen LogP contribution >= 0.6 is 0 Å². The second kappa shape index (κ2) is 3.98. The molecule has 2 heterocycles. The van der Waals surface area contributed by atoms with Crippen molar-refractivity contribution in [2.45, 2.75) is 6.92 Å². The van der Waals surface area contributed by atoms with Crippen molar-refractivity contribution in [1.29, 1.82) is 0 Å². The fourth-order valence-corrected chi connectivity index (χ4v) is 1.84. The normalized spacial score (nSPS) is 11.5. The Bertz CT molecular complexity index is 705. The van der Waals surface area contributed by atoms with Gasteiger partial charge in [-0.15, -0.1) is 0 Å². The maximum Gasteiger partial charge on any atom is 0.0840 e. The summed E-state index contributed by atoms with van der Waals surface area (Å²) in [5.41, 5.74) is 4.08. The summed E-state index contributed by atoms with van der Waals surface area (Å²) >= 11 is 0. The number of benzene rings is 1. The highest BCUT2D eigenvalue weighted by atomic mass is 14.7. The van der Waals surface area contributed by atoms with Crippen molar-refractivity contribution < 1.29 is 1.37 Å². The predicted molar refractivity (Wildman–Crippen MR) is 69.7 cm³/mol. The third-order valence-electron chi connectivity index (χ3n) is 2.79. The van der Waals surface area contributed by atoms with Crippen LogP contribution in [0.3, 0.4) is 0 Å². The lowest BCUT2D eigenvalue weighted by Gasteiger charge is -2.03. The molecular weight excluding hydrogens is 208 g/mol. The summed E-state index contributed by atoms with van der Waals surface area (Å²) in [6.07, 6.45) is 2.18. The number of hydrogen-bond acceptors (Lipinski definition) is 2. The second-order valence-corrected chi connectivity index (χ2v) is 4.04. The van der Waals surface area contributed by atoms with Gasteiger partial charge in [0.15, 0.2) is 0 Å². The van der Waals surface area contributed by atoms with Crippen molar-refractivity contribution >= 4 is 10.9 Å². The van der Waals surface area contributed by atoms with Crippen LogP contribution in [0.4, 0.5) is 0 Å².